The van der Waals surface area contributed by atoms with E-state index < -0.39 is 6.10 Å². The number of ether oxygens (including phenoxy) is 1. The minimum Gasteiger partial charge on any atom is -0.389 e. The summed E-state index contributed by atoms with van der Waals surface area (Å²) in [6.45, 7) is 5.48. The molecule has 0 heterocycles. The van der Waals surface area contributed by atoms with Crippen molar-refractivity contribution in [3.05, 3.63) is 35.9 Å². The number of nitrogens with one attached hydrogen (secondary N) is 2. The molecule has 2 rings (SSSR count). The molecule has 0 amide bonds. The lowest BCUT2D eigenvalue weighted by molar-refractivity contribution is 0.00111. The standard InChI is InChI=1S/C19H31N3O2/c1-3-20-19(22-17-11-7-8-12-17)21-13-18(23)14-24-15(2)16-9-5-4-6-10-16/h4-6,9-10,15,17-18,23H,3,7-8,11-14H2,1-2H3,(H2,20,21,22). The smallest absolute Gasteiger partial charge is 0.191 e. The third kappa shape index (κ3) is 6.49. The second kappa shape index (κ2) is 10.3. The van der Waals surface area contributed by atoms with E-state index in [1.54, 1.807) is 0 Å². The van der Waals surface area contributed by atoms with E-state index in [1.165, 1.54) is 25.7 Å². The number of aliphatic imine (C=N–C) groups is 1. The quantitative estimate of drug-likeness (QED) is 0.505. The molecular formula is C19H31N3O2. The summed E-state index contributed by atoms with van der Waals surface area (Å²) in [5.74, 6) is 0.791. The minimum atomic E-state index is -0.602. The number of hydrogen-bond acceptors (Lipinski definition) is 3. The zero-order valence-electron chi connectivity index (χ0n) is 14.9. The van der Waals surface area contributed by atoms with Crippen LogP contribution in [0, 0.1) is 0 Å². The van der Waals surface area contributed by atoms with Gasteiger partial charge in [0.2, 0.25) is 0 Å². The van der Waals surface area contributed by atoms with Gasteiger partial charge in [-0.15, -0.1) is 0 Å². The van der Waals surface area contributed by atoms with E-state index in [4.69, 9.17) is 4.74 Å². The van der Waals surface area contributed by atoms with E-state index in [1.807, 2.05) is 44.2 Å². The molecule has 1 saturated carbocycles. The molecule has 0 aliphatic heterocycles. The van der Waals surface area contributed by atoms with Crippen LogP contribution in [0.4, 0.5) is 0 Å². The van der Waals surface area contributed by atoms with E-state index in [9.17, 15) is 5.11 Å². The molecule has 0 spiro atoms. The molecule has 1 fully saturated rings. The van der Waals surface area contributed by atoms with Gasteiger partial charge in [0.15, 0.2) is 5.96 Å². The molecule has 5 heteroatoms. The van der Waals surface area contributed by atoms with Crippen molar-refractivity contribution in [2.75, 3.05) is 19.7 Å². The molecule has 24 heavy (non-hydrogen) atoms. The van der Waals surface area contributed by atoms with Gasteiger partial charge in [-0.05, 0) is 32.3 Å². The molecule has 0 saturated heterocycles. The van der Waals surface area contributed by atoms with Crippen molar-refractivity contribution in [1.82, 2.24) is 10.6 Å². The Morgan fingerprint density at radius 2 is 2.00 bits per heavy atom. The summed E-state index contributed by atoms with van der Waals surface area (Å²) in [7, 11) is 0. The van der Waals surface area contributed by atoms with Crippen LogP contribution in [-0.2, 0) is 4.74 Å². The Morgan fingerprint density at radius 3 is 2.67 bits per heavy atom. The predicted molar refractivity (Wildman–Crippen MR) is 98.2 cm³/mol. The highest BCUT2D eigenvalue weighted by Gasteiger charge is 2.16. The normalized spacial score (nSPS) is 18.4. The lowest BCUT2D eigenvalue weighted by atomic mass is 10.1. The van der Waals surface area contributed by atoms with Gasteiger partial charge in [0.05, 0.1) is 25.4 Å². The van der Waals surface area contributed by atoms with E-state index in [0.717, 1.165) is 18.1 Å². The number of aliphatic hydroxyl groups is 1. The number of benzene rings is 1. The third-order valence-electron chi connectivity index (χ3n) is 4.31. The fraction of sp³-hybridized carbons (Fsp3) is 0.632. The molecule has 1 aromatic carbocycles. The van der Waals surface area contributed by atoms with Gasteiger partial charge in [-0.3, -0.25) is 4.99 Å². The van der Waals surface area contributed by atoms with Crippen LogP contribution >= 0.6 is 0 Å². The average Bonchev–Trinajstić information content (AvgIpc) is 3.11. The molecule has 1 aromatic rings. The lowest BCUT2D eigenvalue weighted by Crippen LogP contribution is -2.42. The molecule has 134 valence electrons. The Bertz CT molecular complexity index is 487. The maximum Gasteiger partial charge on any atom is 0.191 e. The fourth-order valence-corrected chi connectivity index (χ4v) is 2.91. The van der Waals surface area contributed by atoms with Crippen LogP contribution in [0.15, 0.2) is 35.3 Å². The minimum absolute atomic E-state index is 0.0327. The van der Waals surface area contributed by atoms with Gasteiger partial charge in [-0.1, -0.05) is 43.2 Å². The van der Waals surface area contributed by atoms with Crippen LogP contribution in [0.1, 0.15) is 51.2 Å². The summed E-state index contributed by atoms with van der Waals surface area (Å²) in [6.07, 6.45) is 4.33. The molecule has 2 atom stereocenters. The largest absolute Gasteiger partial charge is 0.389 e. The molecule has 2 unspecified atom stereocenters. The zero-order valence-corrected chi connectivity index (χ0v) is 14.9. The fourth-order valence-electron chi connectivity index (χ4n) is 2.91. The van der Waals surface area contributed by atoms with Crippen LogP contribution in [0.3, 0.4) is 0 Å². The number of hydrogen-bond donors (Lipinski definition) is 3. The summed E-state index contributed by atoms with van der Waals surface area (Å²) >= 11 is 0. The first-order chi connectivity index (χ1) is 11.7. The Labute approximate surface area is 145 Å². The summed E-state index contributed by atoms with van der Waals surface area (Å²) < 4.78 is 5.76. The van der Waals surface area contributed by atoms with Crippen molar-refractivity contribution in [3.8, 4) is 0 Å². The maximum atomic E-state index is 10.1. The monoisotopic (exact) mass is 333 g/mol. The summed E-state index contributed by atoms with van der Waals surface area (Å²) in [4.78, 5) is 4.49. The molecule has 0 aromatic heterocycles. The molecule has 1 aliphatic rings. The number of rotatable bonds is 8. The number of nitrogens with zero attached hydrogens (tertiary/aromatic N) is 1. The molecule has 1 aliphatic carbocycles. The summed E-state index contributed by atoms with van der Waals surface area (Å²) in [6, 6.07) is 10.5. The van der Waals surface area contributed by atoms with Crippen LogP contribution in [0.5, 0.6) is 0 Å². The predicted octanol–water partition coefficient (Wildman–Crippen LogP) is 2.62. The molecule has 0 bridgehead atoms. The van der Waals surface area contributed by atoms with Gasteiger partial charge in [0, 0.05) is 12.6 Å². The Kier molecular flexibility index (Phi) is 8.05. The molecule has 3 N–H and O–H groups in total. The summed E-state index contributed by atoms with van der Waals surface area (Å²) in [5.41, 5.74) is 1.12. The first kappa shape index (κ1) is 18.7. The van der Waals surface area contributed by atoms with Crippen LogP contribution in [-0.4, -0.2) is 42.9 Å². The highest BCUT2D eigenvalue weighted by Crippen LogP contribution is 2.17. The van der Waals surface area contributed by atoms with Crippen molar-refractivity contribution in [2.24, 2.45) is 4.99 Å². The average molecular weight is 333 g/mol. The zero-order chi connectivity index (χ0) is 17.2. The highest BCUT2D eigenvalue weighted by atomic mass is 16.5. The number of aliphatic hydroxyl groups excluding tert-OH is 1. The highest BCUT2D eigenvalue weighted by molar-refractivity contribution is 5.80. The number of guanidine groups is 1. The van der Waals surface area contributed by atoms with Crippen molar-refractivity contribution in [1.29, 1.82) is 0 Å². The van der Waals surface area contributed by atoms with Crippen molar-refractivity contribution in [3.63, 3.8) is 0 Å². The van der Waals surface area contributed by atoms with E-state index >= 15 is 0 Å². The van der Waals surface area contributed by atoms with Gasteiger partial charge in [0.25, 0.3) is 0 Å². The van der Waals surface area contributed by atoms with Gasteiger partial charge in [-0.25, -0.2) is 0 Å². The Balaban J connectivity index is 1.75. The van der Waals surface area contributed by atoms with Crippen molar-refractivity contribution >= 4 is 5.96 Å². The van der Waals surface area contributed by atoms with Crippen molar-refractivity contribution < 1.29 is 9.84 Å². The SMILES string of the molecule is CCNC(=NCC(O)COC(C)c1ccccc1)NC1CCCC1. The molecule has 5 nitrogen and oxygen atoms in total. The topological polar surface area (TPSA) is 65.9 Å². The summed E-state index contributed by atoms with van der Waals surface area (Å²) in [5, 5.41) is 16.8. The van der Waals surface area contributed by atoms with E-state index in [2.05, 4.69) is 15.6 Å². The van der Waals surface area contributed by atoms with E-state index in [-0.39, 0.29) is 12.7 Å². The van der Waals surface area contributed by atoms with Crippen LogP contribution in [0.2, 0.25) is 0 Å². The third-order valence-corrected chi connectivity index (χ3v) is 4.31. The lowest BCUT2D eigenvalue weighted by Gasteiger charge is -2.18. The van der Waals surface area contributed by atoms with Crippen LogP contribution in [0.25, 0.3) is 0 Å². The van der Waals surface area contributed by atoms with Gasteiger partial charge < -0.3 is 20.5 Å². The maximum absolute atomic E-state index is 10.1. The first-order valence-electron chi connectivity index (χ1n) is 9.08. The first-order valence-corrected chi connectivity index (χ1v) is 9.08. The Hall–Kier alpha value is -1.59. The molecule has 0 radical (unpaired) electrons. The van der Waals surface area contributed by atoms with Gasteiger partial charge in [-0.2, -0.15) is 0 Å². The van der Waals surface area contributed by atoms with Gasteiger partial charge >= 0.3 is 0 Å². The second-order valence-corrected chi connectivity index (χ2v) is 6.39. The molecular weight excluding hydrogens is 302 g/mol. The van der Waals surface area contributed by atoms with Gasteiger partial charge in [0.1, 0.15) is 0 Å². The second-order valence-electron chi connectivity index (χ2n) is 6.39. The van der Waals surface area contributed by atoms with Crippen LogP contribution < -0.4 is 10.6 Å². The van der Waals surface area contributed by atoms with E-state index in [0.29, 0.717) is 12.6 Å². The van der Waals surface area contributed by atoms with Crippen molar-refractivity contribution in [2.45, 2.75) is 57.8 Å². The Morgan fingerprint density at radius 1 is 1.29 bits per heavy atom.